The maximum atomic E-state index is 11.7. The molecule has 1 aromatic heterocycles. The fraction of sp³-hybridized carbons (Fsp3) is 0.455. The minimum Gasteiger partial charge on any atom is -0.479 e. The summed E-state index contributed by atoms with van der Waals surface area (Å²) in [6.07, 6.45) is 0.286. The minimum atomic E-state index is -1.29. The molecule has 2 rings (SSSR count). The maximum absolute atomic E-state index is 11.7. The Morgan fingerprint density at radius 1 is 1.56 bits per heavy atom. The Hall–Kier alpha value is -1.60. The standard InChI is InChI=1S/C11H14N2O4S/c14-9(15)11(2-3-17-7-11)13-10(16)12-5-8-1-4-18-6-8/h1,4,6H,2-3,5,7H2,(H,14,15)(H2,12,13,16). The van der Waals surface area contributed by atoms with Crippen LogP contribution in [0.15, 0.2) is 16.8 Å². The molecule has 6 nitrogen and oxygen atoms in total. The molecule has 98 valence electrons. The van der Waals surface area contributed by atoms with Crippen LogP contribution in [-0.4, -0.2) is 35.9 Å². The van der Waals surface area contributed by atoms with Gasteiger partial charge < -0.3 is 20.5 Å². The minimum absolute atomic E-state index is 0.00814. The van der Waals surface area contributed by atoms with Gasteiger partial charge in [-0.25, -0.2) is 9.59 Å². The van der Waals surface area contributed by atoms with Gasteiger partial charge in [0.2, 0.25) is 0 Å². The second kappa shape index (κ2) is 5.36. The molecule has 1 aromatic rings. The Kier molecular flexibility index (Phi) is 3.83. The van der Waals surface area contributed by atoms with E-state index in [0.29, 0.717) is 13.2 Å². The van der Waals surface area contributed by atoms with Crippen molar-refractivity contribution >= 4 is 23.3 Å². The molecule has 0 radical (unpaired) electrons. The summed E-state index contributed by atoms with van der Waals surface area (Å²) in [5, 5.41) is 18.1. The second-order valence-corrected chi connectivity index (χ2v) is 4.91. The van der Waals surface area contributed by atoms with E-state index in [1.54, 1.807) is 11.3 Å². The van der Waals surface area contributed by atoms with Crippen LogP contribution in [0.4, 0.5) is 4.79 Å². The molecule has 0 aliphatic carbocycles. The van der Waals surface area contributed by atoms with Crippen LogP contribution in [0, 0.1) is 0 Å². The van der Waals surface area contributed by atoms with Gasteiger partial charge in [-0.05, 0) is 22.4 Å². The number of nitrogens with one attached hydrogen (secondary N) is 2. The van der Waals surface area contributed by atoms with E-state index in [2.05, 4.69) is 10.6 Å². The summed E-state index contributed by atoms with van der Waals surface area (Å²) in [5.74, 6) is -1.06. The van der Waals surface area contributed by atoms with E-state index < -0.39 is 17.5 Å². The van der Waals surface area contributed by atoms with Crippen molar-refractivity contribution < 1.29 is 19.4 Å². The molecule has 2 amide bonds. The zero-order chi connectivity index (χ0) is 13.0. The molecular formula is C11H14N2O4S. The molecule has 1 fully saturated rings. The van der Waals surface area contributed by atoms with E-state index in [4.69, 9.17) is 9.84 Å². The third-order valence-corrected chi connectivity index (χ3v) is 3.55. The average molecular weight is 270 g/mol. The summed E-state index contributed by atoms with van der Waals surface area (Å²) in [6, 6.07) is 1.41. The van der Waals surface area contributed by atoms with Gasteiger partial charge in [0.05, 0.1) is 6.61 Å². The number of aliphatic carboxylic acids is 1. The highest BCUT2D eigenvalue weighted by Gasteiger charge is 2.43. The van der Waals surface area contributed by atoms with Crippen molar-refractivity contribution in [2.75, 3.05) is 13.2 Å². The zero-order valence-electron chi connectivity index (χ0n) is 9.64. The molecule has 0 saturated carbocycles. The lowest BCUT2D eigenvalue weighted by atomic mass is 9.99. The SMILES string of the molecule is O=C(NCc1ccsc1)NC1(C(=O)O)CCOC1. The third kappa shape index (κ3) is 2.80. The molecule has 0 spiro atoms. The molecule has 2 heterocycles. The first-order valence-electron chi connectivity index (χ1n) is 5.51. The summed E-state index contributed by atoms with van der Waals surface area (Å²) in [4.78, 5) is 22.8. The number of hydrogen-bond acceptors (Lipinski definition) is 4. The number of urea groups is 1. The Bertz CT molecular complexity index is 426. The number of ether oxygens (including phenoxy) is 1. The monoisotopic (exact) mass is 270 g/mol. The highest BCUT2D eigenvalue weighted by molar-refractivity contribution is 7.07. The molecule has 3 N–H and O–H groups in total. The molecule has 0 bridgehead atoms. The van der Waals surface area contributed by atoms with Crippen molar-refractivity contribution in [1.29, 1.82) is 0 Å². The summed E-state index contributed by atoms with van der Waals surface area (Å²) in [7, 11) is 0. The highest BCUT2D eigenvalue weighted by Crippen LogP contribution is 2.18. The number of carboxylic acids is 1. The summed E-state index contributed by atoms with van der Waals surface area (Å²) < 4.78 is 5.05. The Labute approximate surface area is 108 Å². The van der Waals surface area contributed by atoms with Crippen molar-refractivity contribution in [1.82, 2.24) is 10.6 Å². The Morgan fingerprint density at radius 2 is 2.39 bits per heavy atom. The van der Waals surface area contributed by atoms with Crippen LogP contribution in [0.1, 0.15) is 12.0 Å². The fourth-order valence-corrected chi connectivity index (χ4v) is 2.39. The van der Waals surface area contributed by atoms with Crippen molar-refractivity contribution in [3.05, 3.63) is 22.4 Å². The maximum Gasteiger partial charge on any atom is 0.332 e. The van der Waals surface area contributed by atoms with Gasteiger partial charge in [0.15, 0.2) is 5.54 Å². The van der Waals surface area contributed by atoms with E-state index in [1.807, 2.05) is 16.8 Å². The van der Waals surface area contributed by atoms with Crippen LogP contribution in [0.2, 0.25) is 0 Å². The Balaban J connectivity index is 1.88. The number of carbonyl (C=O) groups is 2. The lowest BCUT2D eigenvalue weighted by molar-refractivity contribution is -0.144. The second-order valence-electron chi connectivity index (χ2n) is 4.13. The molecule has 1 aliphatic heterocycles. The van der Waals surface area contributed by atoms with E-state index >= 15 is 0 Å². The lowest BCUT2D eigenvalue weighted by Gasteiger charge is -2.23. The van der Waals surface area contributed by atoms with E-state index in [1.165, 1.54) is 0 Å². The van der Waals surface area contributed by atoms with Crippen LogP contribution in [0.25, 0.3) is 0 Å². The predicted octanol–water partition coefficient (Wildman–Crippen LogP) is 0.791. The number of rotatable bonds is 4. The van der Waals surface area contributed by atoms with Gasteiger partial charge in [-0.15, -0.1) is 0 Å². The van der Waals surface area contributed by atoms with Crippen molar-refractivity contribution in [2.45, 2.75) is 18.5 Å². The van der Waals surface area contributed by atoms with Crippen LogP contribution < -0.4 is 10.6 Å². The number of hydrogen-bond donors (Lipinski definition) is 3. The summed E-state index contributed by atoms with van der Waals surface area (Å²) >= 11 is 1.54. The van der Waals surface area contributed by atoms with Crippen molar-refractivity contribution in [3.8, 4) is 0 Å². The largest absolute Gasteiger partial charge is 0.479 e. The van der Waals surface area contributed by atoms with Gasteiger partial charge in [0, 0.05) is 19.6 Å². The third-order valence-electron chi connectivity index (χ3n) is 2.82. The smallest absolute Gasteiger partial charge is 0.332 e. The Morgan fingerprint density at radius 3 is 2.94 bits per heavy atom. The molecule has 0 aromatic carbocycles. The molecule has 18 heavy (non-hydrogen) atoms. The number of carboxylic acid groups (broad SMARTS) is 1. The molecule has 7 heteroatoms. The van der Waals surface area contributed by atoms with Gasteiger partial charge in [0.25, 0.3) is 0 Å². The van der Waals surface area contributed by atoms with Gasteiger partial charge in [0.1, 0.15) is 0 Å². The normalized spacial score (nSPS) is 22.7. The quantitative estimate of drug-likeness (QED) is 0.755. The van der Waals surface area contributed by atoms with E-state index in [0.717, 1.165) is 5.56 Å². The number of amides is 2. The number of thiophene rings is 1. The van der Waals surface area contributed by atoms with Crippen LogP contribution in [-0.2, 0) is 16.1 Å². The molecular weight excluding hydrogens is 256 g/mol. The fourth-order valence-electron chi connectivity index (χ4n) is 1.72. The average Bonchev–Trinajstić information content (AvgIpc) is 2.97. The highest BCUT2D eigenvalue weighted by atomic mass is 32.1. The lowest BCUT2D eigenvalue weighted by Crippen LogP contribution is -2.57. The molecule has 1 saturated heterocycles. The van der Waals surface area contributed by atoms with Gasteiger partial charge in [-0.1, -0.05) is 0 Å². The first kappa shape index (κ1) is 12.8. The van der Waals surface area contributed by atoms with E-state index in [-0.39, 0.29) is 13.0 Å². The number of carbonyl (C=O) groups excluding carboxylic acids is 1. The van der Waals surface area contributed by atoms with Crippen LogP contribution in [0.3, 0.4) is 0 Å². The van der Waals surface area contributed by atoms with Crippen LogP contribution in [0.5, 0.6) is 0 Å². The van der Waals surface area contributed by atoms with Gasteiger partial charge in [-0.2, -0.15) is 11.3 Å². The van der Waals surface area contributed by atoms with Gasteiger partial charge in [-0.3, -0.25) is 0 Å². The summed E-state index contributed by atoms with van der Waals surface area (Å²) in [5.41, 5.74) is -0.305. The molecule has 1 unspecified atom stereocenters. The van der Waals surface area contributed by atoms with Crippen molar-refractivity contribution in [2.24, 2.45) is 0 Å². The zero-order valence-corrected chi connectivity index (χ0v) is 10.5. The first-order valence-corrected chi connectivity index (χ1v) is 6.45. The molecule has 1 atom stereocenters. The molecule has 1 aliphatic rings. The first-order chi connectivity index (χ1) is 8.62. The predicted molar refractivity (Wildman–Crippen MR) is 65.5 cm³/mol. The summed E-state index contributed by atoms with van der Waals surface area (Å²) in [6.45, 7) is 0.733. The van der Waals surface area contributed by atoms with Gasteiger partial charge >= 0.3 is 12.0 Å². The van der Waals surface area contributed by atoms with E-state index in [9.17, 15) is 9.59 Å². The van der Waals surface area contributed by atoms with Crippen molar-refractivity contribution in [3.63, 3.8) is 0 Å². The van der Waals surface area contributed by atoms with Crippen LogP contribution >= 0.6 is 11.3 Å². The topological polar surface area (TPSA) is 87.7 Å².